The highest BCUT2D eigenvalue weighted by molar-refractivity contribution is 5.81. The van der Waals surface area contributed by atoms with Gasteiger partial charge in [-0.05, 0) is 43.8 Å². The molecule has 5 nitrogen and oxygen atoms in total. The average molecular weight is 342 g/mol. The zero-order valence-corrected chi connectivity index (χ0v) is 15.1. The van der Waals surface area contributed by atoms with Crippen molar-refractivity contribution in [3.05, 3.63) is 60.2 Å². The molecule has 1 amide bonds. The van der Waals surface area contributed by atoms with Crippen LogP contribution in [-0.4, -0.2) is 44.2 Å². The molecule has 0 radical (unpaired) electrons. The Hall–Kier alpha value is -2.53. The average Bonchev–Trinajstić information content (AvgIpc) is 2.66. The van der Waals surface area contributed by atoms with E-state index in [2.05, 4.69) is 5.32 Å². The smallest absolute Gasteiger partial charge is 0.237 e. The lowest BCUT2D eigenvalue weighted by Gasteiger charge is -2.23. The van der Waals surface area contributed by atoms with Crippen molar-refractivity contribution in [3.8, 4) is 11.5 Å². The third kappa shape index (κ3) is 6.12. The van der Waals surface area contributed by atoms with Crippen LogP contribution in [0, 0.1) is 0 Å². The van der Waals surface area contributed by atoms with Gasteiger partial charge in [0.25, 0.3) is 0 Å². The van der Waals surface area contributed by atoms with Crippen molar-refractivity contribution >= 4 is 5.91 Å². The van der Waals surface area contributed by atoms with E-state index in [0.717, 1.165) is 17.1 Å². The van der Waals surface area contributed by atoms with Crippen LogP contribution in [0.3, 0.4) is 0 Å². The van der Waals surface area contributed by atoms with Crippen molar-refractivity contribution < 1.29 is 14.3 Å². The molecule has 0 saturated heterocycles. The zero-order valence-electron chi connectivity index (χ0n) is 15.1. The molecule has 0 fully saturated rings. The molecule has 1 unspecified atom stereocenters. The van der Waals surface area contributed by atoms with Crippen LogP contribution >= 0.6 is 0 Å². The van der Waals surface area contributed by atoms with Crippen molar-refractivity contribution in [2.45, 2.75) is 19.5 Å². The molecule has 0 aliphatic carbocycles. The first-order chi connectivity index (χ1) is 12.1. The Morgan fingerprint density at radius 3 is 2.40 bits per heavy atom. The van der Waals surface area contributed by atoms with Crippen molar-refractivity contribution in [2.75, 3.05) is 27.3 Å². The number of para-hydroxylation sites is 1. The fourth-order valence-electron chi connectivity index (χ4n) is 2.30. The molecule has 0 aliphatic rings. The van der Waals surface area contributed by atoms with Gasteiger partial charge in [-0.1, -0.05) is 30.3 Å². The third-order valence-electron chi connectivity index (χ3n) is 4.12. The number of likely N-dealkylation sites (N-methyl/N-ethyl adjacent to an activating group) is 1. The number of methoxy groups -OCH3 is 1. The lowest BCUT2D eigenvalue weighted by atomic mass is 10.2. The van der Waals surface area contributed by atoms with Crippen LogP contribution in [0.4, 0.5) is 0 Å². The van der Waals surface area contributed by atoms with Gasteiger partial charge in [0.15, 0.2) is 0 Å². The van der Waals surface area contributed by atoms with E-state index in [1.54, 1.807) is 7.11 Å². The predicted molar refractivity (Wildman–Crippen MR) is 98.9 cm³/mol. The Morgan fingerprint density at radius 1 is 1.08 bits per heavy atom. The van der Waals surface area contributed by atoms with E-state index in [-0.39, 0.29) is 11.9 Å². The van der Waals surface area contributed by atoms with Gasteiger partial charge in [0, 0.05) is 13.1 Å². The van der Waals surface area contributed by atoms with Gasteiger partial charge in [0.1, 0.15) is 18.1 Å². The number of hydrogen-bond donors (Lipinski definition) is 1. The van der Waals surface area contributed by atoms with Crippen molar-refractivity contribution in [2.24, 2.45) is 0 Å². The van der Waals surface area contributed by atoms with Crippen LogP contribution in [0.25, 0.3) is 0 Å². The summed E-state index contributed by atoms with van der Waals surface area (Å²) in [7, 11) is 3.56. The minimum Gasteiger partial charge on any atom is -0.497 e. The normalized spacial score (nSPS) is 11.8. The lowest BCUT2D eigenvalue weighted by Crippen LogP contribution is -2.44. The van der Waals surface area contributed by atoms with Crippen molar-refractivity contribution in [1.82, 2.24) is 10.2 Å². The Labute approximate surface area is 149 Å². The van der Waals surface area contributed by atoms with E-state index in [1.807, 2.05) is 73.5 Å². The van der Waals surface area contributed by atoms with Gasteiger partial charge in [-0.2, -0.15) is 0 Å². The molecule has 2 aromatic carbocycles. The summed E-state index contributed by atoms with van der Waals surface area (Å²) in [5.41, 5.74) is 1.04. The molecule has 1 atom stereocenters. The van der Waals surface area contributed by atoms with Crippen LogP contribution in [0.5, 0.6) is 11.5 Å². The van der Waals surface area contributed by atoms with E-state index >= 15 is 0 Å². The molecule has 0 spiro atoms. The number of nitrogens with zero attached hydrogens (tertiary/aromatic N) is 1. The molecule has 0 heterocycles. The Kier molecular flexibility index (Phi) is 7.29. The van der Waals surface area contributed by atoms with Crippen molar-refractivity contribution in [1.29, 1.82) is 0 Å². The standard InChI is InChI=1S/C20H26N2O3/c1-16(22(2)13-14-25-19-7-5-4-6-8-19)20(23)21-15-17-9-11-18(24-3)12-10-17/h4-12,16H,13-15H2,1-3H3,(H,21,23). The van der Waals surface area contributed by atoms with Gasteiger partial charge >= 0.3 is 0 Å². The van der Waals surface area contributed by atoms with Gasteiger partial charge in [-0.15, -0.1) is 0 Å². The number of carbonyl (C=O) groups is 1. The SMILES string of the molecule is COc1ccc(CNC(=O)C(C)N(C)CCOc2ccccc2)cc1. The van der Waals surface area contributed by atoms with E-state index in [1.165, 1.54) is 0 Å². The Balaban J connectivity index is 1.72. The quantitative estimate of drug-likeness (QED) is 0.761. The summed E-state index contributed by atoms with van der Waals surface area (Å²) in [4.78, 5) is 14.3. The van der Waals surface area contributed by atoms with Crippen LogP contribution in [0.2, 0.25) is 0 Å². The number of rotatable bonds is 9. The first-order valence-electron chi connectivity index (χ1n) is 8.39. The largest absolute Gasteiger partial charge is 0.497 e. The minimum atomic E-state index is -0.224. The summed E-state index contributed by atoms with van der Waals surface area (Å²) in [6.45, 7) is 3.61. The fourth-order valence-corrected chi connectivity index (χ4v) is 2.30. The van der Waals surface area contributed by atoms with E-state index < -0.39 is 0 Å². The number of carbonyl (C=O) groups excluding carboxylic acids is 1. The second kappa shape index (κ2) is 9.69. The van der Waals surface area contributed by atoms with Crippen molar-refractivity contribution in [3.63, 3.8) is 0 Å². The highest BCUT2D eigenvalue weighted by Gasteiger charge is 2.17. The van der Waals surface area contributed by atoms with Gasteiger partial charge in [0.05, 0.1) is 13.2 Å². The summed E-state index contributed by atoms with van der Waals surface area (Å²) in [6, 6.07) is 17.1. The molecular formula is C20H26N2O3. The predicted octanol–water partition coefficient (Wildman–Crippen LogP) is 2.71. The Bertz CT molecular complexity index is 644. The number of nitrogens with one attached hydrogen (secondary N) is 1. The van der Waals surface area contributed by atoms with Crippen LogP contribution in [0.15, 0.2) is 54.6 Å². The van der Waals surface area contributed by atoms with E-state index in [9.17, 15) is 4.79 Å². The summed E-state index contributed by atoms with van der Waals surface area (Å²) in [5.74, 6) is 1.65. The first kappa shape index (κ1) is 18.8. The van der Waals surface area contributed by atoms with E-state index in [0.29, 0.717) is 19.7 Å². The molecule has 2 rings (SSSR count). The zero-order chi connectivity index (χ0) is 18.1. The van der Waals surface area contributed by atoms with Crippen LogP contribution in [0.1, 0.15) is 12.5 Å². The summed E-state index contributed by atoms with van der Waals surface area (Å²) in [6.07, 6.45) is 0. The third-order valence-corrected chi connectivity index (χ3v) is 4.12. The topological polar surface area (TPSA) is 50.8 Å². The minimum absolute atomic E-state index is 0.00182. The second-order valence-corrected chi connectivity index (χ2v) is 5.88. The molecule has 0 bridgehead atoms. The van der Waals surface area contributed by atoms with Crippen LogP contribution in [-0.2, 0) is 11.3 Å². The van der Waals surface area contributed by atoms with E-state index in [4.69, 9.17) is 9.47 Å². The van der Waals surface area contributed by atoms with Gasteiger partial charge in [-0.25, -0.2) is 0 Å². The first-order valence-corrected chi connectivity index (χ1v) is 8.39. The highest BCUT2D eigenvalue weighted by Crippen LogP contribution is 2.11. The van der Waals surface area contributed by atoms with Gasteiger partial charge in [0.2, 0.25) is 5.91 Å². The summed E-state index contributed by atoms with van der Waals surface area (Å²) < 4.78 is 10.8. The molecular weight excluding hydrogens is 316 g/mol. The number of ether oxygens (including phenoxy) is 2. The highest BCUT2D eigenvalue weighted by atomic mass is 16.5. The maximum atomic E-state index is 12.3. The number of amides is 1. The number of benzene rings is 2. The lowest BCUT2D eigenvalue weighted by molar-refractivity contribution is -0.125. The number of hydrogen-bond acceptors (Lipinski definition) is 4. The van der Waals surface area contributed by atoms with Crippen LogP contribution < -0.4 is 14.8 Å². The monoisotopic (exact) mass is 342 g/mol. The maximum Gasteiger partial charge on any atom is 0.237 e. The molecule has 0 aliphatic heterocycles. The molecule has 1 N–H and O–H groups in total. The summed E-state index contributed by atoms with van der Waals surface area (Å²) >= 11 is 0. The molecule has 0 aromatic heterocycles. The second-order valence-electron chi connectivity index (χ2n) is 5.88. The summed E-state index contributed by atoms with van der Waals surface area (Å²) in [5, 5.41) is 2.96. The molecule has 2 aromatic rings. The molecule has 5 heteroatoms. The molecule has 25 heavy (non-hydrogen) atoms. The Morgan fingerprint density at radius 2 is 1.76 bits per heavy atom. The maximum absolute atomic E-state index is 12.3. The van der Waals surface area contributed by atoms with Gasteiger partial charge < -0.3 is 14.8 Å². The molecule has 0 saturated carbocycles. The molecule has 134 valence electrons. The fraction of sp³-hybridized carbons (Fsp3) is 0.350. The van der Waals surface area contributed by atoms with Gasteiger partial charge in [-0.3, -0.25) is 9.69 Å².